The first-order chi connectivity index (χ1) is 15.5. The number of carboxylic acids is 1. The number of nitrogens with zero attached hydrogens (tertiary/aromatic N) is 1. The molecule has 1 N–H and O–H groups in total. The van der Waals surface area contributed by atoms with Crippen molar-refractivity contribution in [3.63, 3.8) is 0 Å². The number of thioether (sulfide) groups is 1. The predicted molar refractivity (Wildman–Crippen MR) is 137 cm³/mol. The van der Waals surface area contributed by atoms with Crippen LogP contribution in [0.1, 0.15) is 50.3 Å². The molecule has 0 saturated carbocycles. The smallest absolute Gasteiger partial charge is 0.327 e. The lowest BCUT2D eigenvalue weighted by Gasteiger charge is -2.26. The van der Waals surface area contributed by atoms with Crippen molar-refractivity contribution in [2.75, 3.05) is 14.2 Å². The topological polar surface area (TPSA) is 76.1 Å². The van der Waals surface area contributed by atoms with E-state index < -0.39 is 12.0 Å². The number of carboxylic acid groups (broad SMARTS) is 1. The largest absolute Gasteiger partial charge is 0.493 e. The summed E-state index contributed by atoms with van der Waals surface area (Å²) in [5, 5.41) is 11.7. The van der Waals surface area contributed by atoms with Crippen LogP contribution in [0.25, 0.3) is 16.8 Å². The van der Waals surface area contributed by atoms with Crippen molar-refractivity contribution in [1.29, 1.82) is 0 Å². The van der Waals surface area contributed by atoms with E-state index >= 15 is 0 Å². The van der Waals surface area contributed by atoms with Gasteiger partial charge in [0.25, 0.3) is 5.91 Å². The van der Waals surface area contributed by atoms with E-state index in [4.69, 9.17) is 21.7 Å². The Morgan fingerprint density at radius 1 is 1.15 bits per heavy atom. The minimum atomic E-state index is -1.06. The van der Waals surface area contributed by atoms with Crippen molar-refractivity contribution in [1.82, 2.24) is 4.90 Å². The third kappa shape index (κ3) is 4.59. The standard InChI is InChI=1S/C25H29NO5S2/c1-12(2)20-17-8-14(5)15(9-16(17)10-18(30-6)22(20)31-7)11-19-23(27)26(25(32)33-19)21(13(3)4)24(28)29/h8-13,21H,1-7H3,(H,28,29). The van der Waals surface area contributed by atoms with E-state index in [1.54, 1.807) is 34.1 Å². The molecule has 1 fully saturated rings. The summed E-state index contributed by atoms with van der Waals surface area (Å²) in [5.74, 6) is -0.128. The quantitative estimate of drug-likeness (QED) is 0.402. The molecule has 2 aromatic carbocycles. The normalized spacial score (nSPS) is 16.4. The summed E-state index contributed by atoms with van der Waals surface area (Å²) in [6, 6.07) is 5.04. The molecule has 2 aromatic rings. The molecule has 1 unspecified atom stereocenters. The van der Waals surface area contributed by atoms with Gasteiger partial charge < -0.3 is 14.6 Å². The van der Waals surface area contributed by atoms with E-state index in [1.165, 1.54) is 4.90 Å². The minimum absolute atomic E-state index is 0.211. The Morgan fingerprint density at radius 2 is 1.82 bits per heavy atom. The lowest BCUT2D eigenvalue weighted by atomic mass is 9.91. The van der Waals surface area contributed by atoms with Gasteiger partial charge in [-0.05, 0) is 58.9 Å². The van der Waals surface area contributed by atoms with Crippen LogP contribution in [-0.4, -0.2) is 46.5 Å². The molecule has 6 nitrogen and oxygen atoms in total. The number of hydrogen-bond donors (Lipinski definition) is 1. The maximum Gasteiger partial charge on any atom is 0.327 e. The van der Waals surface area contributed by atoms with Crippen LogP contribution in [0.3, 0.4) is 0 Å². The van der Waals surface area contributed by atoms with Crippen molar-refractivity contribution in [3.8, 4) is 11.5 Å². The van der Waals surface area contributed by atoms with Gasteiger partial charge in [0.1, 0.15) is 10.4 Å². The van der Waals surface area contributed by atoms with Crippen LogP contribution in [0.4, 0.5) is 0 Å². The summed E-state index contributed by atoms with van der Waals surface area (Å²) >= 11 is 6.51. The molecule has 1 atom stereocenters. The van der Waals surface area contributed by atoms with Crippen molar-refractivity contribution in [2.45, 2.75) is 46.6 Å². The maximum atomic E-state index is 13.1. The molecular weight excluding hydrogens is 458 g/mol. The zero-order valence-electron chi connectivity index (χ0n) is 19.9. The summed E-state index contributed by atoms with van der Waals surface area (Å²) in [5.41, 5.74) is 2.91. The summed E-state index contributed by atoms with van der Waals surface area (Å²) in [7, 11) is 3.25. The van der Waals surface area contributed by atoms with Crippen molar-refractivity contribution in [3.05, 3.63) is 39.8 Å². The highest BCUT2D eigenvalue weighted by Crippen LogP contribution is 2.43. The average molecular weight is 488 g/mol. The van der Waals surface area contributed by atoms with E-state index in [0.717, 1.165) is 45.0 Å². The van der Waals surface area contributed by atoms with Gasteiger partial charge in [-0.2, -0.15) is 0 Å². The number of benzene rings is 2. The highest BCUT2D eigenvalue weighted by molar-refractivity contribution is 8.26. The minimum Gasteiger partial charge on any atom is -0.493 e. The van der Waals surface area contributed by atoms with E-state index in [2.05, 4.69) is 19.9 Å². The third-order valence-corrected chi connectivity index (χ3v) is 7.09. The van der Waals surface area contributed by atoms with E-state index in [1.807, 2.05) is 19.1 Å². The number of fused-ring (bicyclic) bond motifs is 1. The van der Waals surface area contributed by atoms with Gasteiger partial charge >= 0.3 is 5.97 Å². The first-order valence-electron chi connectivity index (χ1n) is 10.7. The fourth-order valence-electron chi connectivity index (χ4n) is 4.20. The van der Waals surface area contributed by atoms with Gasteiger partial charge in [0.05, 0.1) is 19.1 Å². The number of aryl methyl sites for hydroxylation is 1. The first-order valence-corrected chi connectivity index (χ1v) is 11.9. The first kappa shape index (κ1) is 25.1. The monoisotopic (exact) mass is 487 g/mol. The Balaban J connectivity index is 2.13. The molecule has 0 aromatic heterocycles. The molecule has 1 heterocycles. The summed E-state index contributed by atoms with van der Waals surface area (Å²) < 4.78 is 11.5. The Morgan fingerprint density at radius 3 is 2.33 bits per heavy atom. The lowest BCUT2D eigenvalue weighted by Crippen LogP contribution is -2.47. The molecule has 1 amide bonds. The average Bonchev–Trinajstić information content (AvgIpc) is 3.00. The number of carbonyl (C=O) groups excluding carboxylic acids is 1. The molecule has 1 saturated heterocycles. The predicted octanol–water partition coefficient (Wildman–Crippen LogP) is 5.60. The Labute approximate surface area is 203 Å². The number of methoxy groups -OCH3 is 2. The number of carbonyl (C=O) groups is 2. The zero-order valence-corrected chi connectivity index (χ0v) is 21.5. The summed E-state index contributed by atoms with van der Waals surface area (Å²) in [6.07, 6.45) is 1.79. The Bertz CT molecular complexity index is 1170. The molecule has 0 bridgehead atoms. The molecule has 0 spiro atoms. The highest BCUT2D eigenvalue weighted by atomic mass is 32.2. The van der Waals surface area contributed by atoms with Crippen LogP contribution in [0.5, 0.6) is 11.5 Å². The number of aliphatic carboxylic acids is 1. The summed E-state index contributed by atoms with van der Waals surface area (Å²) in [4.78, 5) is 26.5. The Hall–Kier alpha value is -2.58. The molecule has 3 rings (SSSR count). The number of amides is 1. The molecule has 0 radical (unpaired) electrons. The SMILES string of the molecule is COc1cc2cc(C=C3SC(=S)N(C(C(=O)O)C(C)C)C3=O)c(C)cc2c(C(C)C)c1OC. The molecule has 0 aliphatic carbocycles. The number of thiocarbonyl (C=S) groups is 1. The van der Waals surface area contributed by atoms with Crippen LogP contribution >= 0.6 is 24.0 Å². The molecule has 1 aliphatic rings. The molecule has 33 heavy (non-hydrogen) atoms. The van der Waals surface area contributed by atoms with Gasteiger partial charge in [-0.15, -0.1) is 0 Å². The van der Waals surface area contributed by atoms with E-state index in [0.29, 0.717) is 10.7 Å². The second-order valence-corrected chi connectivity index (χ2v) is 10.4. The highest BCUT2D eigenvalue weighted by Gasteiger charge is 2.41. The second-order valence-electron chi connectivity index (χ2n) is 8.69. The van der Waals surface area contributed by atoms with Gasteiger partial charge in [0.2, 0.25) is 0 Å². The van der Waals surface area contributed by atoms with Gasteiger partial charge in [0.15, 0.2) is 11.5 Å². The number of ether oxygens (including phenoxy) is 2. The van der Waals surface area contributed by atoms with Gasteiger partial charge in [-0.25, -0.2) is 4.79 Å². The van der Waals surface area contributed by atoms with Crippen LogP contribution < -0.4 is 9.47 Å². The fraction of sp³-hybridized carbons (Fsp3) is 0.400. The number of hydrogen-bond acceptors (Lipinski definition) is 6. The van der Waals surface area contributed by atoms with Gasteiger partial charge in [0, 0.05) is 5.56 Å². The third-order valence-electron chi connectivity index (χ3n) is 5.76. The number of rotatable bonds is 7. The Kier molecular flexibility index (Phi) is 7.39. The van der Waals surface area contributed by atoms with Gasteiger partial charge in [-0.3, -0.25) is 9.69 Å². The summed E-state index contributed by atoms with van der Waals surface area (Å²) in [6.45, 7) is 9.74. The van der Waals surface area contributed by atoms with Crippen LogP contribution in [-0.2, 0) is 9.59 Å². The van der Waals surface area contributed by atoms with Gasteiger partial charge in [-0.1, -0.05) is 57.7 Å². The molecule has 176 valence electrons. The molecule has 1 aliphatic heterocycles. The van der Waals surface area contributed by atoms with Crippen molar-refractivity contribution < 1.29 is 24.2 Å². The van der Waals surface area contributed by atoms with Crippen molar-refractivity contribution in [2.24, 2.45) is 5.92 Å². The molecule has 8 heteroatoms. The lowest BCUT2D eigenvalue weighted by molar-refractivity contribution is -0.146. The van der Waals surface area contributed by atoms with Crippen LogP contribution in [0.2, 0.25) is 0 Å². The second kappa shape index (κ2) is 9.73. The molecular formula is C25H29NO5S2. The van der Waals surface area contributed by atoms with E-state index in [-0.39, 0.29) is 22.1 Å². The van der Waals surface area contributed by atoms with Crippen LogP contribution in [0.15, 0.2) is 23.1 Å². The van der Waals surface area contributed by atoms with Crippen molar-refractivity contribution >= 4 is 57.0 Å². The fourth-order valence-corrected chi connectivity index (χ4v) is 5.52. The zero-order chi connectivity index (χ0) is 24.6. The maximum absolute atomic E-state index is 13.1. The van der Waals surface area contributed by atoms with Crippen LogP contribution in [0, 0.1) is 12.8 Å². The van der Waals surface area contributed by atoms with E-state index in [9.17, 15) is 14.7 Å².